The second-order valence-corrected chi connectivity index (χ2v) is 5.58. The second kappa shape index (κ2) is 5.03. The molecule has 1 heterocycles. The third kappa shape index (κ3) is 2.41. The molecule has 0 aliphatic heterocycles. The molecule has 2 rings (SSSR count). The predicted molar refractivity (Wildman–Crippen MR) is 73.9 cm³/mol. The number of hydrogen-bond acceptors (Lipinski definition) is 4. The molecule has 0 amide bonds. The average Bonchev–Trinajstić information content (AvgIpc) is 2.88. The van der Waals surface area contributed by atoms with Gasteiger partial charge < -0.3 is 5.11 Å². The fourth-order valence-corrected chi connectivity index (χ4v) is 1.88. The van der Waals surface area contributed by atoms with Gasteiger partial charge in [0.1, 0.15) is 0 Å². The van der Waals surface area contributed by atoms with Crippen molar-refractivity contribution in [2.45, 2.75) is 39.0 Å². The van der Waals surface area contributed by atoms with Gasteiger partial charge in [-0.1, -0.05) is 26.0 Å². The Bertz CT molecular complexity index is 614. The van der Waals surface area contributed by atoms with Crippen molar-refractivity contribution in [2.24, 2.45) is 0 Å². The van der Waals surface area contributed by atoms with Gasteiger partial charge in [0.15, 0.2) is 5.82 Å². The molecule has 0 atom stereocenters. The molecule has 0 radical (unpaired) electrons. The minimum atomic E-state index is -0.917. The molecule has 1 N–H and O–H groups in total. The van der Waals surface area contributed by atoms with Gasteiger partial charge in [0.25, 0.3) is 0 Å². The lowest BCUT2D eigenvalue weighted by Crippen LogP contribution is -2.28. The Morgan fingerprint density at radius 3 is 2.35 bits per heavy atom. The highest BCUT2D eigenvalue weighted by molar-refractivity contribution is 5.80. The lowest BCUT2D eigenvalue weighted by molar-refractivity contribution is -0.142. The summed E-state index contributed by atoms with van der Waals surface area (Å²) in [5.74, 6) is 0.130. The van der Waals surface area contributed by atoms with E-state index >= 15 is 0 Å². The third-order valence-electron chi connectivity index (χ3n) is 3.38. The van der Waals surface area contributed by atoms with Gasteiger partial charge in [-0.05, 0) is 42.0 Å². The van der Waals surface area contributed by atoms with Crippen LogP contribution in [0, 0.1) is 0 Å². The van der Waals surface area contributed by atoms with Crippen LogP contribution >= 0.6 is 0 Å². The molecule has 2 aromatic rings. The first-order valence-electron chi connectivity index (χ1n) is 6.46. The maximum atomic E-state index is 11.2. The van der Waals surface area contributed by atoms with E-state index in [0.717, 1.165) is 17.1 Å². The lowest BCUT2D eigenvalue weighted by Gasteiger charge is -2.19. The molecular weight excluding hydrogens is 256 g/mol. The molecule has 0 saturated carbocycles. The van der Waals surface area contributed by atoms with Crippen LogP contribution in [0.1, 0.15) is 45.0 Å². The molecule has 0 aliphatic rings. The summed E-state index contributed by atoms with van der Waals surface area (Å²) in [5.41, 5.74) is 0.650. The van der Waals surface area contributed by atoms with Crippen molar-refractivity contribution >= 4 is 5.97 Å². The van der Waals surface area contributed by atoms with E-state index in [2.05, 4.69) is 15.5 Å². The van der Waals surface area contributed by atoms with Crippen molar-refractivity contribution in [3.05, 3.63) is 35.7 Å². The summed E-state index contributed by atoms with van der Waals surface area (Å²) in [4.78, 5) is 11.2. The Morgan fingerprint density at radius 1 is 1.25 bits per heavy atom. The van der Waals surface area contributed by atoms with E-state index in [0.29, 0.717) is 0 Å². The maximum absolute atomic E-state index is 11.2. The highest BCUT2D eigenvalue weighted by Crippen LogP contribution is 2.25. The molecule has 0 unspecified atom stereocenters. The number of hydrogen-bond donors (Lipinski definition) is 1. The predicted octanol–water partition coefficient (Wildman–Crippen LogP) is 2.15. The zero-order chi connectivity index (χ0) is 14.9. The summed E-state index contributed by atoms with van der Waals surface area (Å²) in [6.45, 7) is 7.40. The Labute approximate surface area is 117 Å². The van der Waals surface area contributed by atoms with E-state index < -0.39 is 11.4 Å². The van der Waals surface area contributed by atoms with E-state index in [9.17, 15) is 9.90 Å². The molecule has 1 aromatic heterocycles. The first-order valence-corrected chi connectivity index (χ1v) is 6.46. The van der Waals surface area contributed by atoms with Crippen LogP contribution in [0.25, 0.3) is 5.69 Å². The first-order chi connectivity index (χ1) is 9.34. The molecule has 6 nitrogen and oxygen atoms in total. The lowest BCUT2D eigenvalue weighted by atomic mass is 9.85. The van der Waals surface area contributed by atoms with Crippen LogP contribution in [-0.4, -0.2) is 31.3 Å². The molecule has 0 fully saturated rings. The summed E-state index contributed by atoms with van der Waals surface area (Å²) in [5, 5.41) is 20.9. The van der Waals surface area contributed by atoms with Gasteiger partial charge in [-0.15, -0.1) is 5.10 Å². The number of benzene rings is 1. The van der Waals surface area contributed by atoms with Gasteiger partial charge >= 0.3 is 5.97 Å². The standard InChI is InChI=1S/C14H18N4O2/c1-9(2)12-15-16-17-18(12)11-7-5-10(6-8-11)14(3,4)13(19)20/h5-9H,1-4H3,(H,19,20). The quantitative estimate of drug-likeness (QED) is 0.923. The minimum absolute atomic E-state index is 0.208. The highest BCUT2D eigenvalue weighted by atomic mass is 16.4. The number of rotatable bonds is 4. The van der Waals surface area contributed by atoms with Crippen LogP contribution in [-0.2, 0) is 10.2 Å². The Hall–Kier alpha value is -2.24. The Balaban J connectivity index is 2.38. The van der Waals surface area contributed by atoms with Crippen molar-refractivity contribution in [3.8, 4) is 5.69 Å². The van der Waals surface area contributed by atoms with Crippen LogP contribution < -0.4 is 0 Å². The van der Waals surface area contributed by atoms with Crippen LogP contribution in [0.2, 0.25) is 0 Å². The molecule has 20 heavy (non-hydrogen) atoms. The summed E-state index contributed by atoms with van der Waals surface area (Å²) >= 11 is 0. The van der Waals surface area contributed by atoms with Crippen molar-refractivity contribution in [1.82, 2.24) is 20.2 Å². The Kier molecular flexibility index (Phi) is 3.57. The van der Waals surface area contributed by atoms with Crippen molar-refractivity contribution < 1.29 is 9.90 Å². The largest absolute Gasteiger partial charge is 0.481 e. The average molecular weight is 274 g/mol. The molecule has 0 aliphatic carbocycles. The normalized spacial score (nSPS) is 11.8. The molecule has 106 valence electrons. The number of tetrazole rings is 1. The van der Waals surface area contributed by atoms with Crippen LogP contribution in [0.5, 0.6) is 0 Å². The molecule has 0 saturated heterocycles. The summed E-state index contributed by atoms with van der Waals surface area (Å²) in [6, 6.07) is 7.27. The molecule has 1 aromatic carbocycles. The number of carboxylic acid groups (broad SMARTS) is 1. The number of aliphatic carboxylic acids is 1. The minimum Gasteiger partial charge on any atom is -0.481 e. The van der Waals surface area contributed by atoms with E-state index in [1.807, 2.05) is 26.0 Å². The van der Waals surface area contributed by atoms with E-state index in [-0.39, 0.29) is 5.92 Å². The number of carbonyl (C=O) groups is 1. The summed E-state index contributed by atoms with van der Waals surface area (Å²) < 4.78 is 1.67. The van der Waals surface area contributed by atoms with Crippen molar-refractivity contribution in [2.75, 3.05) is 0 Å². The summed E-state index contributed by atoms with van der Waals surface area (Å²) in [7, 11) is 0. The van der Waals surface area contributed by atoms with Gasteiger partial charge in [-0.3, -0.25) is 4.79 Å². The fraction of sp³-hybridized carbons (Fsp3) is 0.429. The highest BCUT2D eigenvalue weighted by Gasteiger charge is 2.29. The molecule has 0 bridgehead atoms. The van der Waals surface area contributed by atoms with Crippen molar-refractivity contribution in [3.63, 3.8) is 0 Å². The van der Waals surface area contributed by atoms with E-state index in [1.54, 1.807) is 30.7 Å². The van der Waals surface area contributed by atoms with E-state index in [4.69, 9.17) is 0 Å². The number of carboxylic acids is 1. The number of aromatic nitrogens is 4. The van der Waals surface area contributed by atoms with Crippen LogP contribution in [0.15, 0.2) is 24.3 Å². The topological polar surface area (TPSA) is 80.9 Å². The third-order valence-corrected chi connectivity index (χ3v) is 3.38. The van der Waals surface area contributed by atoms with Gasteiger partial charge in [-0.2, -0.15) is 4.68 Å². The monoisotopic (exact) mass is 274 g/mol. The van der Waals surface area contributed by atoms with Crippen LogP contribution in [0.3, 0.4) is 0 Å². The van der Waals surface area contributed by atoms with E-state index in [1.165, 1.54) is 0 Å². The Morgan fingerprint density at radius 2 is 1.85 bits per heavy atom. The fourth-order valence-electron chi connectivity index (χ4n) is 1.88. The van der Waals surface area contributed by atoms with Gasteiger partial charge in [0.05, 0.1) is 11.1 Å². The van der Waals surface area contributed by atoms with Crippen LogP contribution in [0.4, 0.5) is 0 Å². The smallest absolute Gasteiger partial charge is 0.313 e. The molecular formula is C14H18N4O2. The second-order valence-electron chi connectivity index (χ2n) is 5.58. The zero-order valence-electron chi connectivity index (χ0n) is 12.0. The zero-order valence-corrected chi connectivity index (χ0v) is 12.0. The summed E-state index contributed by atoms with van der Waals surface area (Å²) in [6.07, 6.45) is 0. The molecule has 0 spiro atoms. The van der Waals surface area contributed by atoms with Gasteiger partial charge in [0, 0.05) is 5.92 Å². The molecule has 6 heteroatoms. The first kappa shape index (κ1) is 14.2. The van der Waals surface area contributed by atoms with Gasteiger partial charge in [0.2, 0.25) is 0 Å². The maximum Gasteiger partial charge on any atom is 0.313 e. The van der Waals surface area contributed by atoms with Gasteiger partial charge in [-0.25, -0.2) is 0 Å². The SMILES string of the molecule is CC(C)c1nnnn1-c1ccc(C(C)(C)C(=O)O)cc1. The van der Waals surface area contributed by atoms with Crippen molar-refractivity contribution in [1.29, 1.82) is 0 Å². The number of nitrogens with zero attached hydrogens (tertiary/aromatic N) is 4.